The molecule has 1 aromatic rings. The highest BCUT2D eigenvalue weighted by atomic mass is 35.5. The Morgan fingerprint density at radius 2 is 1.48 bits per heavy atom. The summed E-state index contributed by atoms with van der Waals surface area (Å²) < 4.78 is 0. The third-order valence-electron chi connectivity index (χ3n) is 4.32. The average molecular weight is 366 g/mol. The molecule has 142 valence electrons. The van der Waals surface area contributed by atoms with E-state index < -0.39 is 0 Å². The summed E-state index contributed by atoms with van der Waals surface area (Å²) in [6.07, 6.45) is 3.37. The zero-order chi connectivity index (χ0) is 19.3. The third-order valence-corrected chi connectivity index (χ3v) is 4.57. The Bertz CT molecular complexity index is 530. The third kappa shape index (κ3) is 8.27. The lowest BCUT2D eigenvalue weighted by Gasteiger charge is -2.41. The first-order chi connectivity index (χ1) is 11.4. The van der Waals surface area contributed by atoms with E-state index in [4.69, 9.17) is 11.6 Å². The van der Waals surface area contributed by atoms with Gasteiger partial charge >= 0.3 is 0 Å². The fourth-order valence-corrected chi connectivity index (χ4v) is 4.39. The van der Waals surface area contributed by atoms with Gasteiger partial charge in [-0.15, -0.1) is 0 Å². The van der Waals surface area contributed by atoms with Crippen LogP contribution in [0.25, 0.3) is 0 Å². The molecule has 1 aromatic carbocycles. The van der Waals surface area contributed by atoms with Crippen LogP contribution in [0, 0.1) is 22.7 Å². The van der Waals surface area contributed by atoms with Gasteiger partial charge in [0.2, 0.25) is 0 Å². The number of halogens is 1. The highest BCUT2D eigenvalue weighted by molar-refractivity contribution is 6.30. The van der Waals surface area contributed by atoms with E-state index in [1.807, 2.05) is 0 Å². The topological polar surface area (TPSA) is 29.1 Å². The molecular formula is C22H36ClNO. The Morgan fingerprint density at radius 3 is 1.88 bits per heavy atom. The van der Waals surface area contributed by atoms with Gasteiger partial charge in [-0.2, -0.15) is 0 Å². The number of rotatable bonds is 8. The van der Waals surface area contributed by atoms with Crippen molar-refractivity contribution in [1.29, 1.82) is 0 Å². The SMILES string of the molecule is CC(C)CC(CNC(=O)c1ccc(Cl)cc1)(CC(C)C)CC(C)(C)C. The van der Waals surface area contributed by atoms with Gasteiger partial charge in [0, 0.05) is 17.1 Å². The maximum absolute atomic E-state index is 12.6. The second-order valence-corrected chi connectivity index (χ2v) is 10.1. The summed E-state index contributed by atoms with van der Waals surface area (Å²) in [4.78, 5) is 12.6. The number of amides is 1. The van der Waals surface area contributed by atoms with Gasteiger partial charge in [-0.25, -0.2) is 0 Å². The van der Waals surface area contributed by atoms with Crippen LogP contribution in [0.4, 0.5) is 0 Å². The van der Waals surface area contributed by atoms with Crippen molar-refractivity contribution < 1.29 is 4.79 Å². The van der Waals surface area contributed by atoms with Gasteiger partial charge in [-0.1, -0.05) is 60.1 Å². The van der Waals surface area contributed by atoms with Crippen LogP contribution in [0.3, 0.4) is 0 Å². The van der Waals surface area contributed by atoms with E-state index in [1.54, 1.807) is 24.3 Å². The number of carbonyl (C=O) groups excluding carboxylic acids is 1. The Hall–Kier alpha value is -1.02. The molecule has 1 N–H and O–H groups in total. The number of hydrogen-bond acceptors (Lipinski definition) is 1. The second-order valence-electron chi connectivity index (χ2n) is 9.62. The van der Waals surface area contributed by atoms with E-state index in [0.717, 1.165) is 25.8 Å². The van der Waals surface area contributed by atoms with E-state index in [0.29, 0.717) is 22.4 Å². The van der Waals surface area contributed by atoms with E-state index in [1.165, 1.54) is 0 Å². The van der Waals surface area contributed by atoms with Crippen LogP contribution in [0.2, 0.25) is 5.02 Å². The summed E-state index contributed by atoms with van der Waals surface area (Å²) in [6.45, 7) is 16.7. The fraction of sp³-hybridized carbons (Fsp3) is 0.682. The molecule has 0 bridgehead atoms. The Kier molecular flexibility index (Phi) is 7.99. The maximum Gasteiger partial charge on any atom is 0.251 e. The Morgan fingerprint density at radius 1 is 1.00 bits per heavy atom. The van der Waals surface area contributed by atoms with Crippen LogP contribution < -0.4 is 5.32 Å². The van der Waals surface area contributed by atoms with Crippen LogP contribution in [-0.4, -0.2) is 12.5 Å². The molecule has 0 aliphatic rings. The molecule has 0 radical (unpaired) electrons. The van der Waals surface area contributed by atoms with Crippen LogP contribution >= 0.6 is 11.6 Å². The zero-order valence-corrected chi connectivity index (χ0v) is 17.8. The first-order valence-electron chi connectivity index (χ1n) is 9.46. The minimum absolute atomic E-state index is 0.0116. The van der Waals surface area contributed by atoms with Gasteiger partial charge in [0.1, 0.15) is 0 Å². The van der Waals surface area contributed by atoms with Crippen molar-refractivity contribution in [3.8, 4) is 0 Å². The largest absolute Gasteiger partial charge is 0.351 e. The van der Waals surface area contributed by atoms with Crippen molar-refractivity contribution in [2.45, 2.75) is 67.7 Å². The summed E-state index contributed by atoms with van der Waals surface area (Å²) in [6, 6.07) is 7.10. The maximum atomic E-state index is 12.6. The van der Waals surface area contributed by atoms with Gasteiger partial charge in [0.25, 0.3) is 5.91 Å². The van der Waals surface area contributed by atoms with E-state index in [-0.39, 0.29) is 16.7 Å². The smallest absolute Gasteiger partial charge is 0.251 e. The molecule has 2 nitrogen and oxygen atoms in total. The predicted octanol–water partition coefficient (Wildman–Crippen LogP) is 6.58. The van der Waals surface area contributed by atoms with Crippen LogP contribution in [0.5, 0.6) is 0 Å². The molecule has 1 rings (SSSR count). The highest BCUT2D eigenvalue weighted by Crippen LogP contribution is 2.43. The van der Waals surface area contributed by atoms with Crippen molar-refractivity contribution in [2.24, 2.45) is 22.7 Å². The Labute approximate surface area is 159 Å². The molecule has 0 aliphatic heterocycles. The standard InChI is InChI=1S/C22H36ClNO/c1-16(2)12-22(13-17(3)4,14-21(5,6)7)15-24-20(25)18-8-10-19(23)11-9-18/h8-11,16-17H,12-15H2,1-7H3,(H,24,25). The van der Waals surface area contributed by atoms with Crippen LogP contribution in [0.1, 0.15) is 78.1 Å². The monoisotopic (exact) mass is 365 g/mol. The molecule has 0 atom stereocenters. The summed E-state index contributed by atoms with van der Waals surface area (Å²) in [7, 11) is 0. The second kappa shape index (κ2) is 9.07. The predicted molar refractivity (Wildman–Crippen MR) is 109 cm³/mol. The van der Waals surface area contributed by atoms with E-state index >= 15 is 0 Å². The van der Waals surface area contributed by atoms with E-state index in [2.05, 4.69) is 53.8 Å². The van der Waals surface area contributed by atoms with E-state index in [9.17, 15) is 4.79 Å². The van der Waals surface area contributed by atoms with Crippen LogP contribution in [-0.2, 0) is 0 Å². The van der Waals surface area contributed by atoms with Crippen molar-refractivity contribution in [3.05, 3.63) is 34.9 Å². The quantitative estimate of drug-likeness (QED) is 0.553. The number of nitrogens with one attached hydrogen (secondary N) is 1. The van der Waals surface area contributed by atoms with Crippen LogP contribution in [0.15, 0.2) is 24.3 Å². The number of carbonyl (C=O) groups is 1. The molecule has 0 fully saturated rings. The molecule has 0 aromatic heterocycles. The molecule has 25 heavy (non-hydrogen) atoms. The van der Waals surface area contributed by atoms with Gasteiger partial charge in [0.15, 0.2) is 0 Å². The number of hydrogen-bond donors (Lipinski definition) is 1. The molecule has 0 unspecified atom stereocenters. The lowest BCUT2D eigenvalue weighted by molar-refractivity contribution is 0.0815. The van der Waals surface area contributed by atoms with Gasteiger partial charge < -0.3 is 5.32 Å². The molecule has 0 spiro atoms. The summed E-state index contributed by atoms with van der Waals surface area (Å²) in [5, 5.41) is 3.86. The lowest BCUT2D eigenvalue weighted by atomic mass is 9.66. The Balaban J connectivity index is 2.96. The molecule has 0 aliphatic carbocycles. The number of benzene rings is 1. The zero-order valence-electron chi connectivity index (χ0n) is 17.1. The molecule has 0 heterocycles. The summed E-state index contributed by atoms with van der Waals surface area (Å²) >= 11 is 5.92. The van der Waals surface area contributed by atoms with Crippen molar-refractivity contribution in [3.63, 3.8) is 0 Å². The summed E-state index contributed by atoms with van der Waals surface area (Å²) in [5.41, 5.74) is 1.03. The van der Waals surface area contributed by atoms with Crippen molar-refractivity contribution in [1.82, 2.24) is 5.32 Å². The normalized spacial score (nSPS) is 12.7. The molecule has 3 heteroatoms. The molecule has 0 saturated carbocycles. The lowest BCUT2D eigenvalue weighted by Crippen LogP contribution is -2.41. The molecule has 1 amide bonds. The minimum Gasteiger partial charge on any atom is -0.351 e. The molecular weight excluding hydrogens is 330 g/mol. The van der Waals surface area contributed by atoms with Crippen molar-refractivity contribution >= 4 is 17.5 Å². The minimum atomic E-state index is -0.0116. The molecule has 0 saturated heterocycles. The van der Waals surface area contributed by atoms with Crippen molar-refractivity contribution in [2.75, 3.05) is 6.54 Å². The first kappa shape index (κ1) is 22.0. The summed E-state index contributed by atoms with van der Waals surface area (Å²) in [5.74, 6) is 1.20. The average Bonchev–Trinajstić information content (AvgIpc) is 2.42. The fourth-order valence-electron chi connectivity index (χ4n) is 4.26. The first-order valence-corrected chi connectivity index (χ1v) is 9.84. The highest BCUT2D eigenvalue weighted by Gasteiger charge is 2.36. The van der Waals surface area contributed by atoms with Gasteiger partial charge in [0.05, 0.1) is 0 Å². The van der Waals surface area contributed by atoms with Gasteiger partial charge in [-0.05, 0) is 66.2 Å². The van der Waals surface area contributed by atoms with Gasteiger partial charge in [-0.3, -0.25) is 4.79 Å².